The minimum Gasteiger partial charge on any atom is -0.356 e. The quantitative estimate of drug-likeness (QED) is 0.816. The van der Waals surface area contributed by atoms with Crippen LogP contribution < -0.4 is 10.6 Å². The molecule has 0 saturated carbocycles. The molecule has 20 heavy (non-hydrogen) atoms. The van der Waals surface area contributed by atoms with Crippen molar-refractivity contribution in [3.8, 4) is 0 Å². The molecule has 4 heteroatoms. The summed E-state index contributed by atoms with van der Waals surface area (Å²) in [6, 6.07) is 0. The van der Waals surface area contributed by atoms with Crippen molar-refractivity contribution >= 4 is 11.8 Å². The normalized spacial score (nSPS) is 10.9. The fraction of sp³-hybridized carbons (Fsp3) is 0.875. The molecule has 0 aliphatic carbocycles. The standard InChI is InChI=1S/C9H19NO.C7H15NO/c1-7(2)8(11)10-6-9(3,4)5;1-4-5-8-7(9)6(2)3/h7H,6H2,1-5H3,(H,10,11);6H,4-5H2,1-3H3,(H,8,9). The van der Waals surface area contributed by atoms with E-state index in [1.165, 1.54) is 0 Å². The first kappa shape index (κ1) is 21.2. The average molecular weight is 286 g/mol. The van der Waals surface area contributed by atoms with E-state index in [0.717, 1.165) is 19.5 Å². The summed E-state index contributed by atoms with van der Waals surface area (Å²) in [4.78, 5) is 21.9. The van der Waals surface area contributed by atoms with Crippen LogP contribution in [0.15, 0.2) is 0 Å². The number of rotatable bonds is 5. The zero-order valence-corrected chi connectivity index (χ0v) is 14.6. The summed E-state index contributed by atoms with van der Waals surface area (Å²) in [7, 11) is 0. The molecule has 0 bridgehead atoms. The predicted molar refractivity (Wildman–Crippen MR) is 85.4 cm³/mol. The van der Waals surface area contributed by atoms with Gasteiger partial charge >= 0.3 is 0 Å². The van der Waals surface area contributed by atoms with Gasteiger partial charge in [-0.2, -0.15) is 0 Å². The summed E-state index contributed by atoms with van der Waals surface area (Å²) >= 11 is 0. The molecule has 0 heterocycles. The Morgan fingerprint density at radius 1 is 0.900 bits per heavy atom. The molecule has 0 aromatic rings. The molecule has 0 spiro atoms. The Hall–Kier alpha value is -1.06. The summed E-state index contributed by atoms with van der Waals surface area (Å²) in [6.07, 6.45) is 1.01. The molecule has 2 amide bonds. The van der Waals surface area contributed by atoms with Crippen molar-refractivity contribution in [1.82, 2.24) is 10.6 Å². The molecule has 0 fully saturated rings. The fourth-order valence-corrected chi connectivity index (χ4v) is 1.01. The third-order valence-electron chi connectivity index (χ3n) is 2.39. The first-order chi connectivity index (χ1) is 9.01. The van der Waals surface area contributed by atoms with Gasteiger partial charge in [-0.25, -0.2) is 0 Å². The van der Waals surface area contributed by atoms with Crippen LogP contribution in [0.1, 0.15) is 61.8 Å². The van der Waals surface area contributed by atoms with Crippen LogP contribution in [0.25, 0.3) is 0 Å². The molecule has 2 N–H and O–H groups in total. The summed E-state index contributed by atoms with van der Waals surface area (Å²) in [5, 5.41) is 5.68. The molecule has 0 aliphatic heterocycles. The second-order valence-electron chi connectivity index (χ2n) is 6.88. The lowest BCUT2D eigenvalue weighted by molar-refractivity contribution is -0.124. The molecule has 0 atom stereocenters. The predicted octanol–water partition coefficient (Wildman–Crippen LogP) is 2.97. The van der Waals surface area contributed by atoms with E-state index >= 15 is 0 Å². The van der Waals surface area contributed by atoms with E-state index in [0.29, 0.717) is 0 Å². The molecular weight excluding hydrogens is 252 g/mol. The van der Waals surface area contributed by atoms with Gasteiger partial charge in [-0.15, -0.1) is 0 Å². The van der Waals surface area contributed by atoms with Crippen LogP contribution in [0.3, 0.4) is 0 Å². The van der Waals surface area contributed by atoms with Crippen LogP contribution >= 0.6 is 0 Å². The molecule has 0 radical (unpaired) electrons. The number of nitrogens with one attached hydrogen (secondary N) is 2. The zero-order valence-electron chi connectivity index (χ0n) is 14.6. The minimum absolute atomic E-state index is 0.0948. The molecule has 120 valence electrons. The van der Waals surface area contributed by atoms with Crippen molar-refractivity contribution in [2.75, 3.05) is 13.1 Å². The van der Waals surface area contributed by atoms with Crippen molar-refractivity contribution in [3.05, 3.63) is 0 Å². The maximum Gasteiger partial charge on any atom is 0.222 e. The van der Waals surface area contributed by atoms with Gasteiger partial charge in [0.15, 0.2) is 0 Å². The number of amides is 2. The van der Waals surface area contributed by atoms with Gasteiger partial charge in [0.05, 0.1) is 0 Å². The monoisotopic (exact) mass is 286 g/mol. The highest BCUT2D eigenvalue weighted by Crippen LogP contribution is 2.10. The molecule has 0 aliphatic rings. The van der Waals surface area contributed by atoms with Crippen molar-refractivity contribution in [2.45, 2.75) is 61.8 Å². The van der Waals surface area contributed by atoms with Crippen molar-refractivity contribution in [3.63, 3.8) is 0 Å². The highest BCUT2D eigenvalue weighted by Gasteiger charge is 2.13. The van der Waals surface area contributed by atoms with Gasteiger partial charge in [-0.05, 0) is 11.8 Å². The Labute approximate surface area is 125 Å². The Morgan fingerprint density at radius 2 is 1.30 bits per heavy atom. The number of carbonyl (C=O) groups is 2. The van der Waals surface area contributed by atoms with Gasteiger partial charge in [0, 0.05) is 24.9 Å². The highest BCUT2D eigenvalue weighted by atomic mass is 16.2. The van der Waals surface area contributed by atoms with E-state index in [1.54, 1.807) is 0 Å². The first-order valence-electron chi connectivity index (χ1n) is 7.56. The Kier molecular flexibility index (Phi) is 11.4. The van der Waals surface area contributed by atoms with Crippen LogP contribution in [0.2, 0.25) is 0 Å². The van der Waals surface area contributed by atoms with E-state index in [-0.39, 0.29) is 29.1 Å². The second kappa shape index (κ2) is 10.7. The summed E-state index contributed by atoms with van der Waals surface area (Å²) in [5.74, 6) is 0.505. The Balaban J connectivity index is 0. The van der Waals surface area contributed by atoms with Gasteiger partial charge < -0.3 is 10.6 Å². The molecule has 0 saturated heterocycles. The van der Waals surface area contributed by atoms with Crippen molar-refractivity contribution in [1.29, 1.82) is 0 Å². The molecule has 0 aromatic carbocycles. The Morgan fingerprint density at radius 3 is 1.60 bits per heavy atom. The molecule has 4 nitrogen and oxygen atoms in total. The SMILES string of the molecule is CC(C)C(=O)NCC(C)(C)C.CCCNC(=O)C(C)C. The number of carbonyl (C=O) groups excluding carboxylic acids is 2. The summed E-state index contributed by atoms with van der Waals surface area (Å²) in [6.45, 7) is 17.5. The van der Waals surface area contributed by atoms with Gasteiger partial charge in [0.25, 0.3) is 0 Å². The molecular formula is C16H34N2O2. The lowest BCUT2D eigenvalue weighted by Gasteiger charge is -2.19. The van der Waals surface area contributed by atoms with E-state index in [9.17, 15) is 9.59 Å². The summed E-state index contributed by atoms with van der Waals surface area (Å²) in [5.41, 5.74) is 0.185. The average Bonchev–Trinajstić information content (AvgIpc) is 2.32. The van der Waals surface area contributed by atoms with Crippen LogP contribution in [0.4, 0.5) is 0 Å². The van der Waals surface area contributed by atoms with Crippen molar-refractivity contribution < 1.29 is 9.59 Å². The van der Waals surface area contributed by atoms with E-state index in [2.05, 4.69) is 31.4 Å². The largest absolute Gasteiger partial charge is 0.356 e. The van der Waals surface area contributed by atoms with E-state index in [4.69, 9.17) is 0 Å². The topological polar surface area (TPSA) is 58.2 Å². The summed E-state index contributed by atoms with van der Waals surface area (Å²) < 4.78 is 0. The smallest absolute Gasteiger partial charge is 0.222 e. The van der Waals surface area contributed by atoms with Gasteiger partial charge in [0.1, 0.15) is 0 Å². The van der Waals surface area contributed by atoms with Crippen LogP contribution in [0.5, 0.6) is 0 Å². The fourth-order valence-electron chi connectivity index (χ4n) is 1.01. The third kappa shape index (κ3) is 15.0. The minimum atomic E-state index is 0.0948. The molecule has 0 unspecified atom stereocenters. The van der Waals surface area contributed by atoms with Crippen LogP contribution in [0, 0.1) is 17.3 Å². The Bertz CT molecular complexity index is 279. The number of hydrogen-bond donors (Lipinski definition) is 2. The molecule has 0 rings (SSSR count). The maximum absolute atomic E-state index is 11.1. The highest BCUT2D eigenvalue weighted by molar-refractivity contribution is 5.78. The lowest BCUT2D eigenvalue weighted by atomic mass is 9.97. The van der Waals surface area contributed by atoms with E-state index in [1.807, 2.05) is 34.6 Å². The van der Waals surface area contributed by atoms with E-state index < -0.39 is 0 Å². The van der Waals surface area contributed by atoms with Crippen molar-refractivity contribution in [2.24, 2.45) is 17.3 Å². The van der Waals surface area contributed by atoms with Gasteiger partial charge in [-0.1, -0.05) is 55.4 Å². The third-order valence-corrected chi connectivity index (χ3v) is 2.39. The lowest BCUT2D eigenvalue weighted by Crippen LogP contribution is -2.34. The zero-order chi connectivity index (χ0) is 16.3. The van der Waals surface area contributed by atoms with Gasteiger partial charge in [-0.3, -0.25) is 9.59 Å². The number of hydrogen-bond acceptors (Lipinski definition) is 2. The molecule has 0 aromatic heterocycles. The van der Waals surface area contributed by atoms with Crippen LogP contribution in [-0.2, 0) is 9.59 Å². The maximum atomic E-state index is 11.1. The first-order valence-corrected chi connectivity index (χ1v) is 7.56. The second-order valence-corrected chi connectivity index (χ2v) is 6.88. The van der Waals surface area contributed by atoms with Gasteiger partial charge in [0.2, 0.25) is 11.8 Å². The van der Waals surface area contributed by atoms with Crippen LogP contribution in [-0.4, -0.2) is 24.9 Å².